The molecule has 0 unspecified atom stereocenters. The Hall–Kier alpha value is -1.69. The van der Waals surface area contributed by atoms with E-state index in [0.717, 1.165) is 13.1 Å². The number of hydrogen-bond acceptors (Lipinski definition) is 4. The number of hydrogen-bond donors (Lipinski definition) is 0. The Morgan fingerprint density at radius 1 is 0.870 bits per heavy atom. The number of rotatable bonds is 9. The molecule has 2 rings (SSSR count). The maximum atomic E-state index is 11.5. The second kappa shape index (κ2) is 8.82. The third-order valence-corrected chi connectivity index (χ3v) is 4.75. The molecule has 5 heteroatoms. The normalized spacial score (nSPS) is 11.7. The van der Waals surface area contributed by atoms with E-state index in [1.807, 2.05) is 36.4 Å². The third-order valence-electron chi connectivity index (χ3n) is 3.52. The van der Waals surface area contributed by atoms with Crippen molar-refractivity contribution in [2.45, 2.75) is 20.0 Å². The molecule has 0 aliphatic heterocycles. The van der Waals surface area contributed by atoms with Crippen LogP contribution in [0, 0.1) is 0 Å². The van der Waals surface area contributed by atoms with E-state index in [2.05, 4.69) is 29.2 Å². The Kier molecular flexibility index (Phi) is 6.77. The van der Waals surface area contributed by atoms with Gasteiger partial charge < -0.3 is 0 Å². The zero-order valence-electron chi connectivity index (χ0n) is 13.4. The van der Waals surface area contributed by atoms with Crippen LogP contribution in [-0.4, -0.2) is 32.2 Å². The molecule has 0 atom stereocenters. The van der Waals surface area contributed by atoms with E-state index in [1.54, 1.807) is 6.92 Å². The molecular weight excluding hydrogens is 310 g/mol. The summed E-state index contributed by atoms with van der Waals surface area (Å²) in [4.78, 5) is 2.19. The maximum Gasteiger partial charge on any atom is 0.267 e. The van der Waals surface area contributed by atoms with E-state index >= 15 is 0 Å². The summed E-state index contributed by atoms with van der Waals surface area (Å²) in [5.74, 6) is 0.00434. The van der Waals surface area contributed by atoms with Gasteiger partial charge in [-0.1, -0.05) is 60.7 Å². The highest BCUT2D eigenvalue weighted by Gasteiger charge is 2.11. The van der Waals surface area contributed by atoms with Gasteiger partial charge in [-0.25, -0.2) is 0 Å². The van der Waals surface area contributed by atoms with E-state index in [9.17, 15) is 8.42 Å². The van der Waals surface area contributed by atoms with Gasteiger partial charge in [-0.05, 0) is 18.1 Å². The average molecular weight is 333 g/mol. The fourth-order valence-corrected chi connectivity index (χ4v) is 2.77. The first kappa shape index (κ1) is 17.7. The van der Waals surface area contributed by atoms with Crippen molar-refractivity contribution in [1.82, 2.24) is 4.90 Å². The first-order valence-electron chi connectivity index (χ1n) is 7.76. The lowest BCUT2D eigenvalue weighted by Crippen LogP contribution is -2.28. The van der Waals surface area contributed by atoms with E-state index in [4.69, 9.17) is 4.18 Å². The van der Waals surface area contributed by atoms with E-state index in [-0.39, 0.29) is 12.4 Å². The molecule has 0 bridgehead atoms. The van der Waals surface area contributed by atoms with Gasteiger partial charge in [0.2, 0.25) is 0 Å². The predicted octanol–water partition coefficient (Wildman–Crippen LogP) is 3.06. The standard InChI is InChI=1S/C18H23NO3S/c1-2-23(20,21)22-14-13-19(15-17-9-5-3-6-10-17)16-18-11-7-4-8-12-18/h3-12H,2,13-16H2,1H3. The van der Waals surface area contributed by atoms with Gasteiger partial charge in [0, 0.05) is 19.6 Å². The first-order chi connectivity index (χ1) is 11.1. The van der Waals surface area contributed by atoms with E-state index in [0.29, 0.717) is 6.54 Å². The second-order valence-electron chi connectivity index (χ2n) is 5.35. The van der Waals surface area contributed by atoms with Crippen LogP contribution < -0.4 is 0 Å². The minimum absolute atomic E-state index is 0.00434. The highest BCUT2D eigenvalue weighted by Crippen LogP contribution is 2.10. The zero-order valence-corrected chi connectivity index (χ0v) is 14.2. The van der Waals surface area contributed by atoms with Crippen molar-refractivity contribution < 1.29 is 12.6 Å². The Labute approximate surface area is 138 Å². The largest absolute Gasteiger partial charge is 0.292 e. The summed E-state index contributed by atoms with van der Waals surface area (Å²) < 4.78 is 27.9. The molecular formula is C18H23NO3S. The van der Waals surface area contributed by atoms with Gasteiger partial charge in [0.05, 0.1) is 12.4 Å². The average Bonchev–Trinajstić information content (AvgIpc) is 2.56. The lowest BCUT2D eigenvalue weighted by atomic mass is 10.1. The quantitative estimate of drug-likeness (QED) is 0.662. The molecule has 0 spiro atoms. The van der Waals surface area contributed by atoms with Crippen molar-refractivity contribution >= 4 is 10.1 Å². The highest BCUT2D eigenvalue weighted by atomic mass is 32.2. The van der Waals surface area contributed by atoms with Gasteiger partial charge in [-0.3, -0.25) is 9.08 Å². The van der Waals surface area contributed by atoms with Crippen LogP contribution >= 0.6 is 0 Å². The molecule has 0 aliphatic carbocycles. The Bertz CT molecular complexity index is 630. The number of nitrogens with zero attached hydrogens (tertiary/aromatic N) is 1. The molecule has 23 heavy (non-hydrogen) atoms. The first-order valence-corrected chi connectivity index (χ1v) is 9.34. The van der Waals surface area contributed by atoms with Crippen LogP contribution in [0.4, 0.5) is 0 Å². The molecule has 2 aromatic rings. The fraction of sp³-hybridized carbons (Fsp3) is 0.333. The van der Waals surface area contributed by atoms with Crippen LogP contribution in [-0.2, 0) is 27.4 Å². The molecule has 0 N–H and O–H groups in total. The van der Waals surface area contributed by atoms with Crippen molar-refractivity contribution in [2.24, 2.45) is 0 Å². The smallest absolute Gasteiger partial charge is 0.267 e. The molecule has 0 heterocycles. The lowest BCUT2D eigenvalue weighted by Gasteiger charge is -2.22. The second-order valence-corrected chi connectivity index (χ2v) is 7.28. The summed E-state index contributed by atoms with van der Waals surface area (Å²) in [5, 5.41) is 0. The summed E-state index contributed by atoms with van der Waals surface area (Å²) in [6.45, 7) is 3.83. The zero-order chi connectivity index (χ0) is 16.5. The number of benzene rings is 2. The highest BCUT2D eigenvalue weighted by molar-refractivity contribution is 7.86. The van der Waals surface area contributed by atoms with Crippen molar-refractivity contribution in [3.63, 3.8) is 0 Å². The van der Waals surface area contributed by atoms with Crippen molar-refractivity contribution in [3.05, 3.63) is 71.8 Å². The summed E-state index contributed by atoms with van der Waals surface area (Å²) in [6, 6.07) is 20.3. The molecule has 0 aromatic heterocycles. The molecule has 124 valence electrons. The Morgan fingerprint density at radius 3 is 1.78 bits per heavy atom. The summed E-state index contributed by atoms with van der Waals surface area (Å²) >= 11 is 0. The van der Waals surface area contributed by atoms with Gasteiger partial charge in [-0.2, -0.15) is 8.42 Å². The minimum atomic E-state index is -3.39. The van der Waals surface area contributed by atoms with Crippen LogP contribution in [0.3, 0.4) is 0 Å². The van der Waals surface area contributed by atoms with Crippen molar-refractivity contribution in [2.75, 3.05) is 18.9 Å². The molecule has 4 nitrogen and oxygen atoms in total. The Morgan fingerprint density at radius 2 is 1.35 bits per heavy atom. The van der Waals surface area contributed by atoms with Gasteiger partial charge in [0.25, 0.3) is 10.1 Å². The van der Waals surface area contributed by atoms with Crippen molar-refractivity contribution in [1.29, 1.82) is 0 Å². The van der Waals surface area contributed by atoms with Gasteiger partial charge in [-0.15, -0.1) is 0 Å². The van der Waals surface area contributed by atoms with Gasteiger partial charge in [0.15, 0.2) is 0 Å². The molecule has 0 radical (unpaired) electrons. The summed E-state index contributed by atoms with van der Waals surface area (Å²) in [5.41, 5.74) is 2.39. The molecule has 0 aliphatic rings. The third kappa shape index (κ3) is 6.52. The van der Waals surface area contributed by atoms with Gasteiger partial charge >= 0.3 is 0 Å². The van der Waals surface area contributed by atoms with Crippen LogP contribution in [0.2, 0.25) is 0 Å². The van der Waals surface area contributed by atoms with Crippen LogP contribution in [0.15, 0.2) is 60.7 Å². The molecule has 0 amide bonds. The van der Waals surface area contributed by atoms with Crippen molar-refractivity contribution in [3.8, 4) is 0 Å². The van der Waals surface area contributed by atoms with Gasteiger partial charge in [0.1, 0.15) is 0 Å². The van der Waals surface area contributed by atoms with E-state index < -0.39 is 10.1 Å². The predicted molar refractivity (Wildman–Crippen MR) is 92.4 cm³/mol. The summed E-state index contributed by atoms with van der Waals surface area (Å²) in [6.07, 6.45) is 0. The monoisotopic (exact) mass is 333 g/mol. The van der Waals surface area contributed by atoms with Crippen LogP contribution in [0.25, 0.3) is 0 Å². The SMILES string of the molecule is CCS(=O)(=O)OCCN(Cc1ccccc1)Cc1ccccc1. The summed E-state index contributed by atoms with van der Waals surface area (Å²) in [7, 11) is -3.39. The van der Waals surface area contributed by atoms with E-state index in [1.165, 1.54) is 11.1 Å². The minimum Gasteiger partial charge on any atom is -0.292 e. The van der Waals surface area contributed by atoms with Crippen LogP contribution in [0.1, 0.15) is 18.1 Å². The molecule has 0 fully saturated rings. The molecule has 0 saturated carbocycles. The lowest BCUT2D eigenvalue weighted by molar-refractivity contribution is 0.200. The molecule has 0 saturated heterocycles. The maximum absolute atomic E-state index is 11.5. The molecule has 2 aromatic carbocycles. The topological polar surface area (TPSA) is 46.6 Å². The van der Waals surface area contributed by atoms with Crippen LogP contribution in [0.5, 0.6) is 0 Å². The Balaban J connectivity index is 1.99. The fourth-order valence-electron chi connectivity index (χ4n) is 2.27.